The van der Waals surface area contributed by atoms with Crippen LogP contribution in [0.15, 0.2) is 30.3 Å². The molecule has 3 nitrogen and oxygen atoms in total. The standard InChI is InChI=1S/C16H22N2O.ClH/c1-13(14-5-3-2-4-6-14)15(19)18-10-8-16(12-18)7-9-17-11-16;/h2-6,13,17H,7-12H2,1H3;1H. The molecule has 1 amide bonds. The van der Waals surface area contributed by atoms with Crippen molar-refractivity contribution in [1.29, 1.82) is 0 Å². The first-order valence-electron chi connectivity index (χ1n) is 7.25. The van der Waals surface area contributed by atoms with Gasteiger partial charge >= 0.3 is 0 Å². The maximum atomic E-state index is 12.6. The summed E-state index contributed by atoms with van der Waals surface area (Å²) in [6.07, 6.45) is 2.38. The molecular weight excluding hydrogens is 272 g/mol. The van der Waals surface area contributed by atoms with Crippen LogP contribution in [0.3, 0.4) is 0 Å². The van der Waals surface area contributed by atoms with E-state index in [1.54, 1.807) is 0 Å². The minimum absolute atomic E-state index is 0. The normalized spacial score (nSPS) is 26.6. The molecule has 2 saturated heterocycles. The van der Waals surface area contributed by atoms with Gasteiger partial charge in [0, 0.05) is 25.0 Å². The van der Waals surface area contributed by atoms with Gasteiger partial charge in [-0.1, -0.05) is 30.3 Å². The molecule has 0 saturated carbocycles. The average molecular weight is 295 g/mol. The van der Waals surface area contributed by atoms with Gasteiger partial charge in [-0.2, -0.15) is 0 Å². The van der Waals surface area contributed by atoms with Gasteiger partial charge < -0.3 is 10.2 Å². The second-order valence-electron chi connectivity index (χ2n) is 6.07. The predicted octanol–water partition coefficient (Wildman–Crippen LogP) is 2.42. The number of nitrogens with zero attached hydrogens (tertiary/aromatic N) is 1. The van der Waals surface area contributed by atoms with Gasteiger partial charge in [0.1, 0.15) is 0 Å². The third-order valence-corrected chi connectivity index (χ3v) is 4.75. The molecule has 1 aromatic rings. The van der Waals surface area contributed by atoms with Crippen LogP contribution in [0, 0.1) is 5.41 Å². The Morgan fingerprint density at radius 2 is 2.05 bits per heavy atom. The largest absolute Gasteiger partial charge is 0.342 e. The molecule has 0 radical (unpaired) electrons. The highest BCUT2D eigenvalue weighted by atomic mass is 35.5. The van der Waals surface area contributed by atoms with Crippen molar-refractivity contribution in [2.45, 2.75) is 25.7 Å². The Morgan fingerprint density at radius 3 is 2.70 bits per heavy atom. The van der Waals surface area contributed by atoms with Gasteiger partial charge in [0.15, 0.2) is 0 Å². The summed E-state index contributed by atoms with van der Waals surface area (Å²) in [4.78, 5) is 14.7. The Bertz CT molecular complexity index is 457. The van der Waals surface area contributed by atoms with Crippen LogP contribution in [0.4, 0.5) is 0 Å². The van der Waals surface area contributed by atoms with E-state index in [1.165, 1.54) is 6.42 Å². The molecule has 3 rings (SSSR count). The molecule has 1 N–H and O–H groups in total. The average Bonchev–Trinajstić information content (AvgIpc) is 3.09. The monoisotopic (exact) mass is 294 g/mol. The topological polar surface area (TPSA) is 32.3 Å². The lowest BCUT2D eigenvalue weighted by molar-refractivity contribution is -0.131. The van der Waals surface area contributed by atoms with Gasteiger partial charge in [0.05, 0.1) is 5.92 Å². The fourth-order valence-corrected chi connectivity index (χ4v) is 3.43. The number of nitrogens with one attached hydrogen (secondary N) is 1. The molecule has 2 unspecified atom stereocenters. The number of amides is 1. The van der Waals surface area contributed by atoms with Crippen molar-refractivity contribution in [3.05, 3.63) is 35.9 Å². The lowest BCUT2D eigenvalue weighted by Crippen LogP contribution is -2.35. The highest BCUT2D eigenvalue weighted by Gasteiger charge is 2.42. The van der Waals surface area contributed by atoms with E-state index in [1.807, 2.05) is 37.3 Å². The van der Waals surface area contributed by atoms with Crippen molar-refractivity contribution in [2.75, 3.05) is 26.2 Å². The van der Waals surface area contributed by atoms with Crippen LogP contribution in [-0.4, -0.2) is 37.0 Å². The van der Waals surface area contributed by atoms with Gasteiger partial charge in [-0.05, 0) is 31.9 Å². The summed E-state index contributed by atoms with van der Waals surface area (Å²) in [6.45, 7) is 6.08. The van der Waals surface area contributed by atoms with Crippen LogP contribution >= 0.6 is 12.4 Å². The lowest BCUT2D eigenvalue weighted by atomic mass is 9.86. The van der Waals surface area contributed by atoms with Crippen molar-refractivity contribution in [3.63, 3.8) is 0 Å². The van der Waals surface area contributed by atoms with Crippen molar-refractivity contribution in [2.24, 2.45) is 5.41 Å². The summed E-state index contributed by atoms with van der Waals surface area (Å²) in [6, 6.07) is 10.1. The number of carbonyl (C=O) groups is 1. The molecule has 0 aliphatic carbocycles. The molecule has 110 valence electrons. The molecule has 2 heterocycles. The van der Waals surface area contributed by atoms with Gasteiger partial charge in [0.25, 0.3) is 0 Å². The maximum absolute atomic E-state index is 12.6. The minimum Gasteiger partial charge on any atom is -0.342 e. The molecule has 2 atom stereocenters. The van der Waals surface area contributed by atoms with Crippen LogP contribution in [0.2, 0.25) is 0 Å². The summed E-state index contributed by atoms with van der Waals surface area (Å²) >= 11 is 0. The molecule has 0 aromatic heterocycles. The Kier molecular flexibility index (Phi) is 4.71. The highest BCUT2D eigenvalue weighted by molar-refractivity contribution is 5.85. The van der Waals surface area contributed by atoms with Gasteiger partial charge in [-0.15, -0.1) is 12.4 Å². The van der Waals surface area contributed by atoms with E-state index in [9.17, 15) is 4.79 Å². The molecule has 2 fully saturated rings. The number of carbonyl (C=O) groups excluding carboxylic acids is 1. The zero-order valence-electron chi connectivity index (χ0n) is 12.0. The molecule has 4 heteroatoms. The minimum atomic E-state index is -0.0225. The zero-order chi connectivity index (χ0) is 13.3. The number of halogens is 1. The lowest BCUT2D eigenvalue weighted by Gasteiger charge is -2.25. The Labute approximate surface area is 127 Å². The van der Waals surface area contributed by atoms with E-state index in [2.05, 4.69) is 10.2 Å². The van der Waals surface area contributed by atoms with E-state index in [0.29, 0.717) is 5.41 Å². The Hall–Kier alpha value is -1.06. The van der Waals surface area contributed by atoms with Crippen molar-refractivity contribution >= 4 is 18.3 Å². The predicted molar refractivity (Wildman–Crippen MR) is 83.2 cm³/mol. The Balaban J connectivity index is 0.00000147. The third-order valence-electron chi connectivity index (χ3n) is 4.75. The van der Waals surface area contributed by atoms with Crippen LogP contribution in [0.1, 0.15) is 31.2 Å². The number of hydrogen-bond acceptors (Lipinski definition) is 2. The van der Waals surface area contributed by atoms with Crippen molar-refractivity contribution in [3.8, 4) is 0 Å². The molecule has 2 aliphatic rings. The highest BCUT2D eigenvalue weighted by Crippen LogP contribution is 2.37. The SMILES string of the molecule is CC(C(=O)N1CCC2(CCNC2)C1)c1ccccc1.Cl. The van der Waals surface area contributed by atoms with Crippen molar-refractivity contribution in [1.82, 2.24) is 10.2 Å². The van der Waals surface area contributed by atoms with Crippen LogP contribution in [0.25, 0.3) is 0 Å². The summed E-state index contributed by atoms with van der Waals surface area (Å²) in [5.74, 6) is 0.265. The molecule has 20 heavy (non-hydrogen) atoms. The van der Waals surface area contributed by atoms with E-state index in [4.69, 9.17) is 0 Å². The van der Waals surface area contributed by atoms with E-state index in [-0.39, 0.29) is 24.2 Å². The number of benzene rings is 1. The van der Waals surface area contributed by atoms with E-state index >= 15 is 0 Å². The van der Waals surface area contributed by atoms with E-state index in [0.717, 1.165) is 38.2 Å². The fraction of sp³-hybridized carbons (Fsp3) is 0.562. The molecular formula is C16H23ClN2O. The second kappa shape index (κ2) is 6.15. The first kappa shape index (κ1) is 15.3. The molecule has 1 aromatic carbocycles. The third kappa shape index (κ3) is 2.84. The smallest absolute Gasteiger partial charge is 0.229 e. The molecule has 0 bridgehead atoms. The molecule has 2 aliphatic heterocycles. The number of hydrogen-bond donors (Lipinski definition) is 1. The number of rotatable bonds is 2. The number of likely N-dealkylation sites (tertiary alicyclic amines) is 1. The van der Waals surface area contributed by atoms with Gasteiger partial charge in [0.2, 0.25) is 5.91 Å². The summed E-state index contributed by atoms with van der Waals surface area (Å²) in [7, 11) is 0. The van der Waals surface area contributed by atoms with Crippen LogP contribution < -0.4 is 5.32 Å². The van der Waals surface area contributed by atoms with Gasteiger partial charge in [-0.25, -0.2) is 0 Å². The van der Waals surface area contributed by atoms with Gasteiger partial charge in [-0.3, -0.25) is 4.79 Å². The van der Waals surface area contributed by atoms with Crippen molar-refractivity contribution < 1.29 is 4.79 Å². The summed E-state index contributed by atoms with van der Waals surface area (Å²) in [5, 5.41) is 3.44. The first-order valence-corrected chi connectivity index (χ1v) is 7.25. The maximum Gasteiger partial charge on any atom is 0.229 e. The zero-order valence-corrected chi connectivity index (χ0v) is 12.8. The summed E-state index contributed by atoms with van der Waals surface area (Å²) in [5.41, 5.74) is 1.49. The van der Waals surface area contributed by atoms with Crippen LogP contribution in [0.5, 0.6) is 0 Å². The first-order chi connectivity index (χ1) is 9.20. The Morgan fingerprint density at radius 1 is 1.30 bits per heavy atom. The molecule has 1 spiro atoms. The quantitative estimate of drug-likeness (QED) is 0.908. The summed E-state index contributed by atoms with van der Waals surface area (Å²) < 4.78 is 0. The fourth-order valence-electron chi connectivity index (χ4n) is 3.43. The van der Waals surface area contributed by atoms with E-state index < -0.39 is 0 Å². The second-order valence-corrected chi connectivity index (χ2v) is 6.07. The van der Waals surface area contributed by atoms with Crippen LogP contribution in [-0.2, 0) is 4.79 Å².